The lowest BCUT2D eigenvalue weighted by Crippen LogP contribution is -2.15. The van der Waals surface area contributed by atoms with Crippen LogP contribution in [0.3, 0.4) is 0 Å². The van der Waals surface area contributed by atoms with Gasteiger partial charge in [0, 0.05) is 47.3 Å². The molecule has 0 bridgehead atoms. The molecule has 0 fully saturated rings. The van der Waals surface area contributed by atoms with Crippen molar-refractivity contribution in [3.63, 3.8) is 0 Å². The first-order valence-electron chi connectivity index (χ1n) is 13.6. The number of methoxy groups -OCH3 is 2. The summed E-state index contributed by atoms with van der Waals surface area (Å²) in [5.41, 5.74) is 2.17. The number of anilines is 2. The molecule has 13 nitrogen and oxygen atoms in total. The van der Waals surface area contributed by atoms with Gasteiger partial charge in [0.15, 0.2) is 17.3 Å². The molecule has 2 aromatic heterocycles. The van der Waals surface area contributed by atoms with Crippen molar-refractivity contribution in [2.24, 2.45) is 0 Å². The molecule has 0 amide bonds. The van der Waals surface area contributed by atoms with E-state index >= 15 is 0 Å². The lowest BCUT2D eigenvalue weighted by atomic mass is 10.1. The lowest BCUT2D eigenvalue weighted by Gasteiger charge is -2.15. The van der Waals surface area contributed by atoms with Crippen molar-refractivity contribution in [3.8, 4) is 22.9 Å². The third kappa shape index (κ3) is 6.46. The van der Waals surface area contributed by atoms with Gasteiger partial charge in [-0.05, 0) is 30.7 Å². The maximum absolute atomic E-state index is 12.5. The van der Waals surface area contributed by atoms with Crippen LogP contribution in [-0.4, -0.2) is 64.8 Å². The second-order valence-electron chi connectivity index (χ2n) is 9.49. The quantitative estimate of drug-likeness (QED) is 0.102. The number of non-ortho nitro benzene ring substituents is 1. The molecule has 43 heavy (non-hydrogen) atoms. The summed E-state index contributed by atoms with van der Waals surface area (Å²) in [7, 11) is 3.11. The number of nitro benzene ring substituents is 1. The molecule has 3 aromatic carbocycles. The first-order chi connectivity index (χ1) is 20.9. The van der Waals surface area contributed by atoms with Crippen LogP contribution in [0.2, 0.25) is 0 Å². The average molecular weight is 587 g/mol. The Labute approximate surface area is 246 Å². The summed E-state index contributed by atoms with van der Waals surface area (Å²) < 4.78 is 23.1. The molecule has 0 radical (unpaired) electrons. The van der Waals surface area contributed by atoms with Gasteiger partial charge >= 0.3 is 6.09 Å². The van der Waals surface area contributed by atoms with Crippen molar-refractivity contribution in [1.29, 1.82) is 0 Å². The Kier molecular flexibility index (Phi) is 8.91. The van der Waals surface area contributed by atoms with Gasteiger partial charge < -0.3 is 24.3 Å². The van der Waals surface area contributed by atoms with Crippen LogP contribution in [0.1, 0.15) is 19.8 Å². The zero-order valence-corrected chi connectivity index (χ0v) is 23.9. The Morgan fingerprint density at radius 3 is 2.65 bits per heavy atom. The fourth-order valence-electron chi connectivity index (χ4n) is 4.38. The molecule has 5 rings (SSSR count). The number of carbonyl (C=O) groups excluding carboxylic acids is 1. The third-order valence-corrected chi connectivity index (χ3v) is 6.57. The van der Waals surface area contributed by atoms with E-state index < -0.39 is 11.0 Å². The van der Waals surface area contributed by atoms with Crippen LogP contribution in [0, 0.1) is 10.1 Å². The highest BCUT2D eigenvalue weighted by molar-refractivity contribution is 5.96. The zero-order chi connectivity index (χ0) is 30.3. The van der Waals surface area contributed by atoms with E-state index in [1.165, 1.54) is 23.9 Å². The third-order valence-electron chi connectivity index (χ3n) is 6.57. The standard InChI is InChI=1S/C30H30N6O7/c1-4-5-11-43-30(37)35-25-10-9-21(14-20(25)18-31-35)32-29-23-16-27(42-13-12-40-2)26(41-3)17-24(23)33-28(34-29)19-7-6-8-22(15-19)36(38)39/h6-10,14-18H,4-5,11-13H2,1-3H3,(H,32,33,34). The van der Waals surface area contributed by atoms with Crippen LogP contribution < -0.4 is 14.8 Å². The molecular formula is C30H30N6O7. The van der Waals surface area contributed by atoms with Gasteiger partial charge in [-0.15, -0.1) is 0 Å². The number of unbranched alkanes of at least 4 members (excludes halogenated alkanes) is 1. The molecule has 2 heterocycles. The summed E-state index contributed by atoms with van der Waals surface area (Å²) in [5, 5.41) is 20.3. The van der Waals surface area contributed by atoms with E-state index in [1.807, 2.05) is 13.0 Å². The molecule has 0 spiro atoms. The van der Waals surface area contributed by atoms with Crippen molar-refractivity contribution < 1.29 is 28.7 Å². The van der Waals surface area contributed by atoms with Crippen LogP contribution in [0.25, 0.3) is 33.2 Å². The van der Waals surface area contributed by atoms with Crippen molar-refractivity contribution in [2.45, 2.75) is 19.8 Å². The number of carbonyl (C=O) groups is 1. The minimum absolute atomic E-state index is 0.0779. The van der Waals surface area contributed by atoms with Crippen LogP contribution in [0.15, 0.2) is 60.8 Å². The fraction of sp³-hybridized carbons (Fsp3) is 0.267. The summed E-state index contributed by atoms with van der Waals surface area (Å²) in [6.07, 6.45) is 2.73. The predicted octanol–water partition coefficient (Wildman–Crippen LogP) is 6.12. The van der Waals surface area contributed by atoms with Gasteiger partial charge in [0.05, 0.1) is 42.5 Å². The zero-order valence-electron chi connectivity index (χ0n) is 23.9. The van der Waals surface area contributed by atoms with Gasteiger partial charge in [0.2, 0.25) is 0 Å². The summed E-state index contributed by atoms with van der Waals surface area (Å²) in [4.78, 5) is 32.9. The highest BCUT2D eigenvalue weighted by atomic mass is 16.6. The number of hydrogen-bond acceptors (Lipinski definition) is 11. The summed E-state index contributed by atoms with van der Waals surface area (Å²) >= 11 is 0. The first kappa shape index (κ1) is 29.2. The molecule has 0 saturated heterocycles. The minimum atomic E-state index is -0.539. The molecule has 0 aliphatic carbocycles. The van der Waals surface area contributed by atoms with Crippen LogP contribution >= 0.6 is 0 Å². The molecule has 0 aliphatic rings. The van der Waals surface area contributed by atoms with Crippen molar-refractivity contribution >= 4 is 45.1 Å². The van der Waals surface area contributed by atoms with Crippen molar-refractivity contribution in [1.82, 2.24) is 19.7 Å². The summed E-state index contributed by atoms with van der Waals surface area (Å²) in [5.74, 6) is 1.63. The van der Waals surface area contributed by atoms with Crippen molar-refractivity contribution in [2.75, 3.05) is 39.4 Å². The molecule has 0 saturated carbocycles. The topological polar surface area (TPSA) is 153 Å². The molecule has 0 atom stereocenters. The molecule has 222 valence electrons. The second-order valence-corrected chi connectivity index (χ2v) is 9.49. The van der Waals surface area contributed by atoms with Gasteiger partial charge in [0.25, 0.3) is 5.69 Å². The van der Waals surface area contributed by atoms with Gasteiger partial charge in [-0.1, -0.05) is 25.5 Å². The number of hydrogen-bond donors (Lipinski definition) is 1. The first-order valence-corrected chi connectivity index (χ1v) is 13.6. The Morgan fingerprint density at radius 1 is 1.02 bits per heavy atom. The Morgan fingerprint density at radius 2 is 1.88 bits per heavy atom. The van der Waals surface area contributed by atoms with E-state index in [1.54, 1.807) is 49.7 Å². The van der Waals surface area contributed by atoms with Gasteiger partial charge in [-0.3, -0.25) is 10.1 Å². The molecular weight excluding hydrogens is 556 g/mol. The van der Waals surface area contributed by atoms with Gasteiger partial charge in [-0.2, -0.15) is 9.78 Å². The molecule has 1 N–H and O–H groups in total. The smallest absolute Gasteiger partial charge is 0.435 e. The monoisotopic (exact) mass is 586 g/mol. The average Bonchev–Trinajstić information content (AvgIpc) is 3.44. The molecule has 13 heteroatoms. The van der Waals surface area contributed by atoms with Crippen molar-refractivity contribution in [3.05, 3.63) is 70.9 Å². The van der Waals surface area contributed by atoms with E-state index in [-0.39, 0.29) is 11.5 Å². The molecule has 0 unspecified atom stereocenters. The van der Waals surface area contributed by atoms with E-state index in [0.717, 1.165) is 12.8 Å². The number of benzene rings is 3. The maximum Gasteiger partial charge on any atom is 0.435 e. The van der Waals surface area contributed by atoms with Gasteiger partial charge in [-0.25, -0.2) is 14.8 Å². The van der Waals surface area contributed by atoms with Crippen LogP contribution in [0.4, 0.5) is 22.0 Å². The molecule has 0 aliphatic heterocycles. The van der Waals surface area contributed by atoms with E-state index in [0.29, 0.717) is 70.2 Å². The Balaban J connectivity index is 1.57. The van der Waals surface area contributed by atoms with E-state index in [2.05, 4.69) is 10.4 Å². The summed E-state index contributed by atoms with van der Waals surface area (Å²) in [6, 6.07) is 15.0. The maximum atomic E-state index is 12.5. The van der Waals surface area contributed by atoms with Gasteiger partial charge in [0.1, 0.15) is 12.4 Å². The number of ether oxygens (including phenoxy) is 4. The summed E-state index contributed by atoms with van der Waals surface area (Å²) in [6.45, 7) is 3.03. The highest BCUT2D eigenvalue weighted by Gasteiger charge is 2.18. The predicted molar refractivity (Wildman–Crippen MR) is 160 cm³/mol. The number of rotatable bonds is 12. The number of nitrogens with zero attached hydrogens (tertiary/aromatic N) is 5. The number of fused-ring (bicyclic) bond motifs is 2. The number of nitrogens with one attached hydrogen (secondary N) is 1. The Bertz CT molecular complexity index is 1790. The molecule has 5 aromatic rings. The normalized spacial score (nSPS) is 11.0. The fourth-order valence-corrected chi connectivity index (χ4v) is 4.38. The SMILES string of the molecule is CCCCOC(=O)n1ncc2cc(Nc3nc(-c4cccc([N+](=O)[O-])c4)nc4cc(OC)c(OCCOC)cc34)ccc21. The van der Waals surface area contributed by atoms with Crippen LogP contribution in [0.5, 0.6) is 11.5 Å². The Hall–Kier alpha value is -5.30. The largest absolute Gasteiger partial charge is 0.493 e. The number of nitro groups is 1. The van der Waals surface area contributed by atoms with E-state index in [4.69, 9.17) is 28.9 Å². The lowest BCUT2D eigenvalue weighted by molar-refractivity contribution is -0.384. The highest BCUT2D eigenvalue weighted by Crippen LogP contribution is 2.37. The second kappa shape index (κ2) is 13.1. The minimum Gasteiger partial charge on any atom is -0.493 e. The van der Waals surface area contributed by atoms with Crippen LogP contribution in [-0.2, 0) is 9.47 Å². The van der Waals surface area contributed by atoms with E-state index in [9.17, 15) is 14.9 Å². The number of aromatic nitrogens is 4.